The van der Waals surface area contributed by atoms with Crippen LogP contribution in [0.3, 0.4) is 0 Å². The van der Waals surface area contributed by atoms with Gasteiger partial charge >= 0.3 is 0 Å². The summed E-state index contributed by atoms with van der Waals surface area (Å²) in [5.74, 6) is -0.138. The van der Waals surface area contributed by atoms with Crippen molar-refractivity contribution in [1.82, 2.24) is 14.1 Å². The van der Waals surface area contributed by atoms with Crippen LogP contribution in [0.1, 0.15) is 24.1 Å². The molecule has 0 unspecified atom stereocenters. The number of benzene rings is 2. The number of carbonyl (C=O) groups is 1. The molecule has 2 aromatic carbocycles. The standard InChI is InChI=1S/C22H29N3O3S/c1-3-29(27,28)23(2)18-21(26)24-14-16-25(17-15-24)22(19-10-6-4-7-11-19)20-12-8-5-9-13-20/h4-13,22H,3,14-18H2,1-2H3. The Labute approximate surface area is 173 Å². The monoisotopic (exact) mass is 415 g/mol. The first-order valence-electron chi connectivity index (χ1n) is 9.98. The van der Waals surface area contributed by atoms with Gasteiger partial charge in [-0.25, -0.2) is 8.42 Å². The van der Waals surface area contributed by atoms with E-state index >= 15 is 0 Å². The number of amides is 1. The Morgan fingerprint density at radius 1 is 0.931 bits per heavy atom. The zero-order valence-electron chi connectivity index (χ0n) is 17.1. The molecule has 2 aromatic rings. The zero-order chi connectivity index (χ0) is 20.9. The van der Waals surface area contributed by atoms with Crippen molar-refractivity contribution in [2.75, 3.05) is 45.5 Å². The van der Waals surface area contributed by atoms with E-state index in [9.17, 15) is 13.2 Å². The first-order chi connectivity index (χ1) is 13.9. The molecule has 1 saturated heterocycles. The SMILES string of the molecule is CCS(=O)(=O)N(C)CC(=O)N1CCN(C(c2ccccc2)c2ccccc2)CC1. The third-order valence-electron chi connectivity index (χ3n) is 5.46. The number of rotatable bonds is 7. The maximum Gasteiger partial charge on any atom is 0.237 e. The predicted molar refractivity (Wildman–Crippen MR) is 115 cm³/mol. The van der Waals surface area contributed by atoms with Gasteiger partial charge < -0.3 is 4.90 Å². The minimum absolute atomic E-state index is 0.000386. The molecule has 1 aliphatic rings. The van der Waals surface area contributed by atoms with Gasteiger partial charge in [-0.05, 0) is 18.1 Å². The molecule has 0 aliphatic carbocycles. The zero-order valence-corrected chi connectivity index (χ0v) is 17.9. The van der Waals surface area contributed by atoms with Crippen LogP contribution in [0.2, 0.25) is 0 Å². The summed E-state index contributed by atoms with van der Waals surface area (Å²) in [5, 5.41) is 0. The van der Waals surface area contributed by atoms with E-state index in [0.717, 1.165) is 17.4 Å². The van der Waals surface area contributed by atoms with Crippen LogP contribution in [0.15, 0.2) is 60.7 Å². The second kappa shape index (κ2) is 9.52. The van der Waals surface area contributed by atoms with Gasteiger partial charge in [-0.3, -0.25) is 9.69 Å². The predicted octanol–water partition coefficient (Wildman–Crippen LogP) is 2.20. The largest absolute Gasteiger partial charge is 0.339 e. The Morgan fingerprint density at radius 2 is 1.41 bits per heavy atom. The van der Waals surface area contributed by atoms with E-state index in [2.05, 4.69) is 53.4 Å². The molecule has 0 atom stereocenters. The van der Waals surface area contributed by atoms with E-state index in [1.165, 1.54) is 18.2 Å². The van der Waals surface area contributed by atoms with Gasteiger partial charge in [0.2, 0.25) is 15.9 Å². The smallest absolute Gasteiger partial charge is 0.237 e. The first-order valence-corrected chi connectivity index (χ1v) is 11.6. The number of nitrogens with zero attached hydrogens (tertiary/aromatic N) is 3. The second-order valence-electron chi connectivity index (χ2n) is 7.30. The number of carbonyl (C=O) groups excluding carboxylic acids is 1. The maximum absolute atomic E-state index is 12.6. The molecule has 7 heteroatoms. The Hall–Kier alpha value is -2.22. The highest BCUT2D eigenvalue weighted by molar-refractivity contribution is 7.89. The third kappa shape index (κ3) is 5.23. The molecule has 0 saturated carbocycles. The molecule has 29 heavy (non-hydrogen) atoms. The van der Waals surface area contributed by atoms with E-state index in [1.54, 1.807) is 11.8 Å². The number of hydrogen-bond donors (Lipinski definition) is 0. The minimum Gasteiger partial charge on any atom is -0.339 e. The molecule has 1 amide bonds. The minimum atomic E-state index is -3.35. The van der Waals surface area contributed by atoms with Crippen molar-refractivity contribution in [2.45, 2.75) is 13.0 Å². The average Bonchev–Trinajstić information content (AvgIpc) is 2.76. The number of sulfonamides is 1. The first kappa shape index (κ1) is 21.5. The molecule has 0 aromatic heterocycles. The Kier molecular flexibility index (Phi) is 7.05. The third-order valence-corrected chi connectivity index (χ3v) is 7.27. The van der Waals surface area contributed by atoms with Crippen LogP contribution >= 0.6 is 0 Å². The summed E-state index contributed by atoms with van der Waals surface area (Å²) >= 11 is 0. The van der Waals surface area contributed by atoms with Gasteiger partial charge in [0.15, 0.2) is 0 Å². The summed E-state index contributed by atoms with van der Waals surface area (Å²) < 4.78 is 25.0. The van der Waals surface area contributed by atoms with E-state index < -0.39 is 10.0 Å². The van der Waals surface area contributed by atoms with Gasteiger partial charge in [-0.15, -0.1) is 0 Å². The highest BCUT2D eigenvalue weighted by atomic mass is 32.2. The molecule has 0 radical (unpaired) electrons. The van der Waals surface area contributed by atoms with Crippen molar-refractivity contribution in [3.05, 3.63) is 71.8 Å². The summed E-state index contributed by atoms with van der Waals surface area (Å²) in [7, 11) is -1.89. The molecular formula is C22H29N3O3S. The van der Waals surface area contributed by atoms with Crippen LogP contribution in [0.25, 0.3) is 0 Å². The lowest BCUT2D eigenvalue weighted by atomic mass is 9.96. The quantitative estimate of drug-likeness (QED) is 0.696. The molecule has 6 nitrogen and oxygen atoms in total. The highest BCUT2D eigenvalue weighted by Crippen LogP contribution is 2.29. The fourth-order valence-corrected chi connectivity index (χ4v) is 4.47. The molecule has 3 rings (SSSR count). The van der Waals surface area contributed by atoms with E-state index in [0.29, 0.717) is 13.1 Å². The van der Waals surface area contributed by atoms with E-state index in [4.69, 9.17) is 0 Å². The normalized spacial score (nSPS) is 15.8. The lowest BCUT2D eigenvalue weighted by Gasteiger charge is -2.40. The van der Waals surface area contributed by atoms with Crippen molar-refractivity contribution < 1.29 is 13.2 Å². The molecule has 1 fully saturated rings. The Morgan fingerprint density at radius 3 is 1.86 bits per heavy atom. The fraction of sp³-hybridized carbons (Fsp3) is 0.409. The Bertz CT molecular complexity index is 856. The highest BCUT2D eigenvalue weighted by Gasteiger charge is 2.29. The van der Waals surface area contributed by atoms with Crippen molar-refractivity contribution in [3.8, 4) is 0 Å². The van der Waals surface area contributed by atoms with Crippen LogP contribution in [0.4, 0.5) is 0 Å². The topological polar surface area (TPSA) is 60.9 Å². The summed E-state index contributed by atoms with van der Waals surface area (Å²) in [6, 6.07) is 20.9. The van der Waals surface area contributed by atoms with E-state index in [1.807, 2.05) is 12.1 Å². The summed E-state index contributed by atoms with van der Waals surface area (Å²) in [6.07, 6.45) is 0. The Balaban J connectivity index is 1.68. The van der Waals surface area contributed by atoms with Gasteiger partial charge in [0.05, 0.1) is 18.3 Å². The number of piperazine rings is 1. The van der Waals surface area contributed by atoms with Gasteiger partial charge in [-0.2, -0.15) is 4.31 Å². The molecule has 0 N–H and O–H groups in total. The molecule has 1 aliphatic heterocycles. The lowest BCUT2D eigenvalue weighted by molar-refractivity contribution is -0.133. The van der Waals surface area contributed by atoms with Crippen LogP contribution in [0.5, 0.6) is 0 Å². The van der Waals surface area contributed by atoms with Crippen molar-refractivity contribution in [3.63, 3.8) is 0 Å². The van der Waals surface area contributed by atoms with Crippen molar-refractivity contribution in [1.29, 1.82) is 0 Å². The number of likely N-dealkylation sites (N-methyl/N-ethyl adjacent to an activating group) is 1. The maximum atomic E-state index is 12.6. The van der Waals surface area contributed by atoms with Gasteiger partial charge in [0.25, 0.3) is 0 Å². The van der Waals surface area contributed by atoms with Crippen LogP contribution < -0.4 is 0 Å². The van der Waals surface area contributed by atoms with Crippen LogP contribution in [-0.2, 0) is 14.8 Å². The second-order valence-corrected chi connectivity index (χ2v) is 9.66. The molecule has 0 bridgehead atoms. The average molecular weight is 416 g/mol. The summed E-state index contributed by atoms with van der Waals surface area (Å²) in [5.41, 5.74) is 2.46. The molecule has 156 valence electrons. The lowest BCUT2D eigenvalue weighted by Crippen LogP contribution is -2.52. The van der Waals surface area contributed by atoms with Crippen molar-refractivity contribution in [2.24, 2.45) is 0 Å². The van der Waals surface area contributed by atoms with E-state index in [-0.39, 0.29) is 24.2 Å². The molecule has 0 spiro atoms. The summed E-state index contributed by atoms with van der Waals surface area (Å²) in [4.78, 5) is 16.7. The van der Waals surface area contributed by atoms with Gasteiger partial charge in [0.1, 0.15) is 0 Å². The van der Waals surface area contributed by atoms with Gasteiger partial charge in [0, 0.05) is 33.2 Å². The van der Waals surface area contributed by atoms with Gasteiger partial charge in [-0.1, -0.05) is 60.7 Å². The number of hydrogen-bond acceptors (Lipinski definition) is 4. The van der Waals surface area contributed by atoms with Crippen LogP contribution in [0, 0.1) is 0 Å². The fourth-order valence-electron chi connectivity index (χ4n) is 3.72. The summed E-state index contributed by atoms with van der Waals surface area (Å²) in [6.45, 7) is 4.15. The molecular weight excluding hydrogens is 386 g/mol. The molecule has 1 heterocycles. The van der Waals surface area contributed by atoms with Crippen molar-refractivity contribution >= 4 is 15.9 Å². The van der Waals surface area contributed by atoms with Crippen LogP contribution in [-0.4, -0.2) is 74.0 Å².